The minimum absolute atomic E-state index is 0.0325. The first-order valence-electron chi connectivity index (χ1n) is 6.69. The number of para-hydroxylation sites is 1. The quantitative estimate of drug-likeness (QED) is 0.569. The highest BCUT2D eigenvalue weighted by Crippen LogP contribution is 2.15. The summed E-state index contributed by atoms with van der Waals surface area (Å²) in [5.74, 6) is -0.303. The molecule has 0 unspecified atom stereocenters. The molecule has 0 aliphatic carbocycles. The van der Waals surface area contributed by atoms with Crippen LogP contribution < -0.4 is 10.9 Å². The van der Waals surface area contributed by atoms with Gasteiger partial charge in [-0.2, -0.15) is 0 Å². The van der Waals surface area contributed by atoms with Crippen molar-refractivity contribution < 1.29 is 9.21 Å². The lowest BCUT2D eigenvalue weighted by atomic mass is 10.1. The van der Waals surface area contributed by atoms with Crippen molar-refractivity contribution in [3.8, 4) is 0 Å². The number of Topliss-reactive ketones (excluding diaryl/α,β-unsaturated/α-hetero) is 1. The first kappa shape index (κ1) is 14.5. The summed E-state index contributed by atoms with van der Waals surface area (Å²) >= 11 is 3.35. The van der Waals surface area contributed by atoms with Crippen LogP contribution >= 0.6 is 15.9 Å². The Labute approximate surface area is 134 Å². The second kappa shape index (κ2) is 6.15. The van der Waals surface area contributed by atoms with Crippen LogP contribution in [-0.4, -0.2) is 12.3 Å². The monoisotopic (exact) mass is 357 g/mol. The van der Waals surface area contributed by atoms with Crippen molar-refractivity contribution in [1.29, 1.82) is 0 Å². The molecule has 0 aliphatic heterocycles. The maximum absolute atomic E-state index is 12.2. The molecule has 0 fully saturated rings. The minimum atomic E-state index is -0.610. The van der Waals surface area contributed by atoms with Crippen LogP contribution in [0.2, 0.25) is 0 Å². The molecule has 1 aromatic heterocycles. The lowest BCUT2D eigenvalue weighted by Gasteiger charge is -2.06. The molecular formula is C17H12BrNO3. The summed E-state index contributed by atoms with van der Waals surface area (Å²) in [6.45, 7) is 0.0325. The van der Waals surface area contributed by atoms with Gasteiger partial charge in [0.05, 0.1) is 6.54 Å². The van der Waals surface area contributed by atoms with Crippen LogP contribution in [0.25, 0.3) is 11.0 Å². The van der Waals surface area contributed by atoms with E-state index in [1.807, 2.05) is 30.3 Å². The molecule has 4 nitrogen and oxygen atoms in total. The molecule has 3 rings (SSSR count). The van der Waals surface area contributed by atoms with Crippen molar-refractivity contribution in [2.75, 3.05) is 11.9 Å². The Balaban J connectivity index is 1.81. The zero-order chi connectivity index (χ0) is 15.5. The smallest absolute Gasteiger partial charge is 0.347 e. The third kappa shape index (κ3) is 3.09. The Morgan fingerprint density at radius 2 is 1.82 bits per heavy atom. The fraction of sp³-hybridized carbons (Fsp3) is 0.0588. The summed E-state index contributed by atoms with van der Waals surface area (Å²) < 4.78 is 6.13. The average Bonchev–Trinajstić information content (AvgIpc) is 2.53. The third-order valence-electron chi connectivity index (χ3n) is 3.24. The van der Waals surface area contributed by atoms with Crippen LogP contribution in [0.5, 0.6) is 0 Å². The number of carbonyl (C=O) groups is 1. The molecule has 3 aromatic rings. The molecule has 0 bridgehead atoms. The van der Waals surface area contributed by atoms with Crippen molar-refractivity contribution in [1.82, 2.24) is 0 Å². The second-order valence-electron chi connectivity index (χ2n) is 4.77. The fourth-order valence-electron chi connectivity index (χ4n) is 2.10. The van der Waals surface area contributed by atoms with Crippen LogP contribution in [0.4, 0.5) is 5.69 Å². The van der Waals surface area contributed by atoms with Crippen LogP contribution in [0.1, 0.15) is 10.4 Å². The zero-order valence-electron chi connectivity index (χ0n) is 11.5. The van der Waals surface area contributed by atoms with E-state index in [0.29, 0.717) is 5.58 Å². The summed E-state index contributed by atoms with van der Waals surface area (Å²) in [5.41, 5.74) is 0.733. The molecule has 1 heterocycles. The Kier molecular flexibility index (Phi) is 4.06. The van der Waals surface area contributed by atoms with Gasteiger partial charge >= 0.3 is 5.63 Å². The zero-order valence-corrected chi connectivity index (χ0v) is 13.1. The highest BCUT2D eigenvalue weighted by atomic mass is 79.9. The Morgan fingerprint density at radius 3 is 2.59 bits per heavy atom. The number of carbonyl (C=O) groups excluding carboxylic acids is 1. The molecule has 0 saturated heterocycles. The fourth-order valence-corrected chi connectivity index (χ4v) is 2.37. The van der Waals surface area contributed by atoms with Gasteiger partial charge in [0.15, 0.2) is 5.78 Å². The number of halogens is 1. The van der Waals surface area contributed by atoms with Gasteiger partial charge in [0.25, 0.3) is 0 Å². The van der Waals surface area contributed by atoms with Crippen molar-refractivity contribution in [3.63, 3.8) is 0 Å². The van der Waals surface area contributed by atoms with E-state index in [1.54, 1.807) is 24.3 Å². The molecule has 1 N–H and O–H groups in total. The summed E-state index contributed by atoms with van der Waals surface area (Å²) in [4.78, 5) is 24.1. The molecule has 5 heteroatoms. The summed E-state index contributed by atoms with van der Waals surface area (Å²) in [7, 11) is 0. The Morgan fingerprint density at radius 1 is 1.09 bits per heavy atom. The first-order chi connectivity index (χ1) is 10.6. The van der Waals surface area contributed by atoms with Gasteiger partial charge in [-0.15, -0.1) is 0 Å². The Hall–Kier alpha value is -2.40. The molecule has 22 heavy (non-hydrogen) atoms. The van der Waals surface area contributed by atoms with Crippen molar-refractivity contribution in [3.05, 3.63) is 75.1 Å². The van der Waals surface area contributed by atoms with Gasteiger partial charge in [0, 0.05) is 15.5 Å². The topological polar surface area (TPSA) is 59.3 Å². The van der Waals surface area contributed by atoms with Gasteiger partial charge in [-0.3, -0.25) is 4.79 Å². The molecule has 0 radical (unpaired) electrons. The lowest BCUT2D eigenvalue weighted by Crippen LogP contribution is -2.21. The number of ketones is 1. The van der Waals surface area contributed by atoms with E-state index >= 15 is 0 Å². The van der Waals surface area contributed by atoms with Crippen molar-refractivity contribution in [2.45, 2.75) is 0 Å². The molecule has 0 saturated carbocycles. The van der Waals surface area contributed by atoms with Crippen LogP contribution in [0, 0.1) is 0 Å². The van der Waals surface area contributed by atoms with Gasteiger partial charge in [-0.05, 0) is 36.4 Å². The molecule has 2 aromatic carbocycles. The molecule has 0 spiro atoms. The number of hydrogen-bond donors (Lipinski definition) is 1. The van der Waals surface area contributed by atoms with Gasteiger partial charge in [0.2, 0.25) is 0 Å². The standard InChI is InChI=1S/C17H12BrNO3/c18-12-5-7-13(8-6-12)19-10-15(20)14-9-11-3-1-2-4-16(11)22-17(14)21/h1-9,19H,10H2. The summed E-state index contributed by atoms with van der Waals surface area (Å²) in [5, 5.41) is 3.73. The normalized spacial score (nSPS) is 10.6. The van der Waals surface area contributed by atoms with Gasteiger partial charge in [0.1, 0.15) is 11.1 Å². The largest absolute Gasteiger partial charge is 0.422 e. The average molecular weight is 358 g/mol. The summed E-state index contributed by atoms with van der Waals surface area (Å²) in [6.07, 6.45) is 0. The van der Waals surface area contributed by atoms with Crippen molar-refractivity contribution >= 4 is 38.4 Å². The van der Waals surface area contributed by atoms with E-state index in [4.69, 9.17) is 4.42 Å². The predicted octanol–water partition coefficient (Wildman–Crippen LogP) is 3.85. The number of rotatable bonds is 4. The van der Waals surface area contributed by atoms with Crippen molar-refractivity contribution in [2.24, 2.45) is 0 Å². The number of benzene rings is 2. The molecule has 0 aliphatic rings. The van der Waals surface area contributed by atoms with E-state index in [1.165, 1.54) is 0 Å². The van der Waals surface area contributed by atoms with Crippen LogP contribution in [-0.2, 0) is 0 Å². The maximum Gasteiger partial charge on any atom is 0.347 e. The molecular weight excluding hydrogens is 346 g/mol. The Bertz CT molecular complexity index is 884. The van der Waals surface area contributed by atoms with Gasteiger partial charge in [-0.1, -0.05) is 34.1 Å². The van der Waals surface area contributed by atoms with E-state index in [0.717, 1.165) is 15.5 Å². The van der Waals surface area contributed by atoms with E-state index in [-0.39, 0.29) is 17.9 Å². The highest BCUT2D eigenvalue weighted by Gasteiger charge is 2.13. The second-order valence-corrected chi connectivity index (χ2v) is 5.68. The highest BCUT2D eigenvalue weighted by molar-refractivity contribution is 9.10. The van der Waals surface area contributed by atoms with Gasteiger partial charge < -0.3 is 9.73 Å². The molecule has 110 valence electrons. The van der Waals surface area contributed by atoms with E-state index < -0.39 is 5.63 Å². The van der Waals surface area contributed by atoms with E-state index in [9.17, 15) is 9.59 Å². The summed E-state index contributed by atoms with van der Waals surface area (Å²) in [6, 6.07) is 16.1. The predicted molar refractivity (Wildman–Crippen MR) is 89.4 cm³/mol. The van der Waals surface area contributed by atoms with E-state index in [2.05, 4.69) is 21.2 Å². The molecule has 0 atom stereocenters. The number of hydrogen-bond acceptors (Lipinski definition) is 4. The molecule has 0 amide bonds. The SMILES string of the molecule is O=C(CNc1ccc(Br)cc1)c1cc2ccccc2oc1=O. The maximum atomic E-state index is 12.2. The van der Waals surface area contributed by atoms with Crippen LogP contribution in [0.15, 0.2) is 68.3 Å². The number of fused-ring (bicyclic) bond motifs is 1. The third-order valence-corrected chi connectivity index (χ3v) is 3.77. The lowest BCUT2D eigenvalue weighted by molar-refractivity contribution is 0.100. The minimum Gasteiger partial charge on any atom is -0.422 e. The van der Waals surface area contributed by atoms with Gasteiger partial charge in [-0.25, -0.2) is 4.79 Å². The number of anilines is 1. The van der Waals surface area contributed by atoms with Crippen LogP contribution in [0.3, 0.4) is 0 Å². The number of nitrogens with one attached hydrogen (secondary N) is 1. The first-order valence-corrected chi connectivity index (χ1v) is 7.48.